The Morgan fingerprint density at radius 2 is 2.18 bits per heavy atom. The first-order chi connectivity index (χ1) is 5.02. The van der Waals surface area contributed by atoms with Crippen LogP contribution in [0, 0.1) is 0 Å². The first-order valence-electron chi connectivity index (χ1n) is 3.40. The van der Waals surface area contributed by atoms with Gasteiger partial charge < -0.3 is 10.6 Å². The highest BCUT2D eigenvalue weighted by Crippen LogP contribution is 1.91. The zero-order valence-electron chi connectivity index (χ0n) is 6.78. The van der Waals surface area contributed by atoms with Crippen LogP contribution >= 0.6 is 23.8 Å². The van der Waals surface area contributed by atoms with Crippen LogP contribution in [0.25, 0.3) is 0 Å². The van der Waals surface area contributed by atoms with Gasteiger partial charge in [-0.05, 0) is 26.1 Å². The quantitative estimate of drug-likeness (QED) is 0.665. The summed E-state index contributed by atoms with van der Waals surface area (Å²) >= 11 is 10.4. The first kappa shape index (κ1) is 10.7. The van der Waals surface area contributed by atoms with Gasteiger partial charge in [-0.1, -0.05) is 18.2 Å². The predicted octanol–water partition coefficient (Wildman–Crippen LogP) is 1.61. The molecule has 0 aliphatic heterocycles. The van der Waals surface area contributed by atoms with Crippen LogP contribution in [-0.2, 0) is 0 Å². The molecular weight excluding hydrogens is 180 g/mol. The van der Waals surface area contributed by atoms with E-state index in [1.165, 1.54) is 0 Å². The molecule has 4 heteroatoms. The molecule has 0 rings (SSSR count). The Morgan fingerprint density at radius 3 is 2.55 bits per heavy atom. The van der Waals surface area contributed by atoms with Crippen LogP contribution in [0.15, 0.2) is 11.6 Å². The highest BCUT2D eigenvalue weighted by atomic mass is 35.5. The number of halogens is 1. The molecule has 0 saturated heterocycles. The number of nitrogens with one attached hydrogen (secondary N) is 2. The minimum atomic E-state index is 0.346. The van der Waals surface area contributed by atoms with Gasteiger partial charge in [0.1, 0.15) is 0 Å². The fourth-order valence-corrected chi connectivity index (χ4v) is 0.864. The molecule has 0 aliphatic rings. The lowest BCUT2D eigenvalue weighted by molar-refractivity contribution is 0.720. The van der Waals surface area contributed by atoms with Crippen LogP contribution in [0.5, 0.6) is 0 Å². The molecule has 2 N–H and O–H groups in total. The van der Waals surface area contributed by atoms with Crippen LogP contribution in [0.3, 0.4) is 0 Å². The van der Waals surface area contributed by atoms with Gasteiger partial charge in [-0.2, -0.15) is 0 Å². The molecule has 0 aliphatic carbocycles. The minimum Gasteiger partial charge on any atom is -0.361 e. The standard InChI is InChI=1S/C7H13ClN2S/c1-5(2)10-7(11)9-4-6(3)8/h5H,3-4H2,1-2H3,(H2,9,10,11). The van der Waals surface area contributed by atoms with Crippen molar-refractivity contribution in [2.75, 3.05) is 6.54 Å². The molecule has 0 aromatic rings. The van der Waals surface area contributed by atoms with Crippen LogP contribution in [0.4, 0.5) is 0 Å². The van der Waals surface area contributed by atoms with Crippen molar-refractivity contribution in [3.05, 3.63) is 11.6 Å². The van der Waals surface area contributed by atoms with E-state index in [2.05, 4.69) is 17.2 Å². The lowest BCUT2D eigenvalue weighted by atomic mass is 10.4. The monoisotopic (exact) mass is 192 g/mol. The predicted molar refractivity (Wildman–Crippen MR) is 53.9 cm³/mol. The second-order valence-electron chi connectivity index (χ2n) is 2.50. The maximum Gasteiger partial charge on any atom is 0.166 e. The topological polar surface area (TPSA) is 24.1 Å². The molecule has 2 nitrogen and oxygen atoms in total. The van der Waals surface area contributed by atoms with E-state index in [0.717, 1.165) is 0 Å². The Hall–Kier alpha value is -0.280. The maximum atomic E-state index is 5.51. The Bertz CT molecular complexity index is 157. The van der Waals surface area contributed by atoms with Gasteiger partial charge >= 0.3 is 0 Å². The van der Waals surface area contributed by atoms with E-state index >= 15 is 0 Å². The summed E-state index contributed by atoms with van der Waals surface area (Å²) in [5.41, 5.74) is 0. The van der Waals surface area contributed by atoms with E-state index < -0.39 is 0 Å². The van der Waals surface area contributed by atoms with Crippen molar-refractivity contribution in [3.63, 3.8) is 0 Å². The third kappa shape index (κ3) is 7.62. The van der Waals surface area contributed by atoms with E-state index in [4.69, 9.17) is 23.8 Å². The summed E-state index contributed by atoms with van der Waals surface area (Å²) < 4.78 is 0. The van der Waals surface area contributed by atoms with Gasteiger partial charge in [-0.25, -0.2) is 0 Å². The average molecular weight is 193 g/mol. The lowest BCUT2D eigenvalue weighted by Crippen LogP contribution is -2.39. The highest BCUT2D eigenvalue weighted by molar-refractivity contribution is 7.80. The molecule has 0 aromatic carbocycles. The van der Waals surface area contributed by atoms with Gasteiger partial charge in [0.25, 0.3) is 0 Å². The molecule has 11 heavy (non-hydrogen) atoms. The molecule has 0 saturated carbocycles. The van der Waals surface area contributed by atoms with Gasteiger partial charge in [-0.3, -0.25) is 0 Å². The summed E-state index contributed by atoms with van der Waals surface area (Å²) in [6.07, 6.45) is 0. The Morgan fingerprint density at radius 1 is 1.64 bits per heavy atom. The largest absolute Gasteiger partial charge is 0.361 e. The van der Waals surface area contributed by atoms with E-state index in [1.807, 2.05) is 13.8 Å². The van der Waals surface area contributed by atoms with Crippen molar-refractivity contribution < 1.29 is 0 Å². The van der Waals surface area contributed by atoms with E-state index in [-0.39, 0.29) is 0 Å². The Balaban J connectivity index is 3.45. The summed E-state index contributed by atoms with van der Waals surface area (Å²) in [5.74, 6) is 0. The highest BCUT2D eigenvalue weighted by Gasteiger charge is 1.96. The molecule has 0 amide bonds. The first-order valence-corrected chi connectivity index (χ1v) is 4.18. The summed E-state index contributed by atoms with van der Waals surface area (Å²) in [5, 5.41) is 7.09. The number of thiocarbonyl (C=S) groups is 1. The summed E-state index contributed by atoms with van der Waals surface area (Å²) in [6.45, 7) is 8.07. The van der Waals surface area contributed by atoms with Crippen LogP contribution in [0.2, 0.25) is 0 Å². The van der Waals surface area contributed by atoms with Crippen LogP contribution in [0.1, 0.15) is 13.8 Å². The van der Waals surface area contributed by atoms with Gasteiger partial charge in [-0.15, -0.1) is 0 Å². The molecule has 64 valence electrons. The Kier molecular flexibility index (Phi) is 5.24. The van der Waals surface area contributed by atoms with E-state index in [0.29, 0.717) is 22.7 Å². The molecule has 0 atom stereocenters. The molecule has 0 aromatic heterocycles. The zero-order valence-corrected chi connectivity index (χ0v) is 8.35. The van der Waals surface area contributed by atoms with Crippen molar-refractivity contribution in [1.82, 2.24) is 10.6 Å². The summed E-state index contributed by atoms with van der Waals surface area (Å²) in [4.78, 5) is 0. The average Bonchev–Trinajstić information content (AvgIpc) is 1.82. The van der Waals surface area contributed by atoms with Crippen molar-refractivity contribution in [2.45, 2.75) is 19.9 Å². The van der Waals surface area contributed by atoms with Crippen LogP contribution in [-0.4, -0.2) is 17.7 Å². The van der Waals surface area contributed by atoms with Gasteiger partial charge in [0.05, 0.1) is 6.54 Å². The van der Waals surface area contributed by atoms with Crippen molar-refractivity contribution in [3.8, 4) is 0 Å². The molecule has 0 spiro atoms. The number of hydrogen-bond donors (Lipinski definition) is 2. The van der Waals surface area contributed by atoms with Crippen molar-refractivity contribution in [1.29, 1.82) is 0 Å². The molecule has 0 heterocycles. The molecule has 0 unspecified atom stereocenters. The fraction of sp³-hybridized carbons (Fsp3) is 0.571. The lowest BCUT2D eigenvalue weighted by Gasteiger charge is -2.11. The van der Waals surface area contributed by atoms with Crippen LogP contribution < -0.4 is 10.6 Å². The molecule has 0 bridgehead atoms. The van der Waals surface area contributed by atoms with E-state index in [1.54, 1.807) is 0 Å². The smallest absolute Gasteiger partial charge is 0.166 e. The zero-order chi connectivity index (χ0) is 8.85. The molecular formula is C7H13ClN2S. The SMILES string of the molecule is C=C(Cl)CNC(=S)NC(C)C. The third-order valence-corrected chi connectivity index (χ3v) is 1.26. The normalized spacial score (nSPS) is 9.45. The fourth-order valence-electron chi connectivity index (χ4n) is 0.489. The Labute approximate surface area is 78.0 Å². The summed E-state index contributed by atoms with van der Waals surface area (Å²) in [7, 11) is 0. The maximum absolute atomic E-state index is 5.51. The van der Waals surface area contributed by atoms with E-state index in [9.17, 15) is 0 Å². The minimum absolute atomic E-state index is 0.346. The second kappa shape index (κ2) is 5.38. The van der Waals surface area contributed by atoms with Gasteiger partial charge in [0.2, 0.25) is 0 Å². The third-order valence-electron chi connectivity index (χ3n) is 0.861. The number of rotatable bonds is 3. The van der Waals surface area contributed by atoms with Gasteiger partial charge in [0, 0.05) is 11.1 Å². The number of hydrogen-bond acceptors (Lipinski definition) is 1. The summed E-state index contributed by atoms with van der Waals surface area (Å²) in [6, 6.07) is 0.346. The van der Waals surface area contributed by atoms with Gasteiger partial charge in [0.15, 0.2) is 5.11 Å². The van der Waals surface area contributed by atoms with Crippen molar-refractivity contribution >= 4 is 28.9 Å². The van der Waals surface area contributed by atoms with Crippen molar-refractivity contribution in [2.24, 2.45) is 0 Å². The molecule has 0 radical (unpaired) electrons. The second-order valence-corrected chi connectivity index (χ2v) is 3.44. The molecule has 0 fully saturated rings.